The maximum atomic E-state index is 11.6. The molecule has 0 unspecified atom stereocenters. The number of benzene rings is 1. The number of carboxylic acid groups (broad SMARTS) is 1. The highest BCUT2D eigenvalue weighted by Crippen LogP contribution is 2.33. The molecule has 0 saturated carbocycles. The number of H-pyrrole nitrogens is 1. The van der Waals surface area contributed by atoms with Crippen molar-refractivity contribution in [3.8, 4) is 0 Å². The van der Waals surface area contributed by atoms with Gasteiger partial charge in [-0.1, -0.05) is 0 Å². The summed E-state index contributed by atoms with van der Waals surface area (Å²) >= 11 is 4.62. The third kappa shape index (κ3) is 2.96. The molecule has 0 radical (unpaired) electrons. The molecule has 0 fully saturated rings. The van der Waals surface area contributed by atoms with Crippen LogP contribution in [0.2, 0.25) is 0 Å². The van der Waals surface area contributed by atoms with E-state index >= 15 is 0 Å². The molecule has 0 spiro atoms. The Morgan fingerprint density at radius 3 is 2.75 bits per heavy atom. The van der Waals surface area contributed by atoms with Gasteiger partial charge >= 0.3 is 11.7 Å². The highest BCUT2D eigenvalue weighted by molar-refractivity contribution is 9.10. The van der Waals surface area contributed by atoms with E-state index in [1.54, 1.807) is 10.6 Å². The van der Waals surface area contributed by atoms with Crippen molar-refractivity contribution in [3.05, 3.63) is 38.7 Å². The third-order valence-corrected chi connectivity index (χ3v) is 4.53. The summed E-state index contributed by atoms with van der Waals surface area (Å²) < 4.78 is 2.19. The molecule has 1 aromatic heterocycles. The van der Waals surface area contributed by atoms with Gasteiger partial charge in [0.25, 0.3) is 0 Å². The van der Waals surface area contributed by atoms with Crippen LogP contribution in [0.1, 0.15) is 30.2 Å². The zero-order valence-electron chi connectivity index (χ0n) is 10.8. The first-order valence-electron chi connectivity index (χ1n) is 5.77. The van der Waals surface area contributed by atoms with Crippen molar-refractivity contribution < 1.29 is 9.90 Å². The van der Waals surface area contributed by atoms with E-state index in [4.69, 9.17) is 5.11 Å². The lowest BCUT2D eigenvalue weighted by atomic mass is 10.2. The molecule has 2 rings (SSSR count). The number of nitrogens with zero attached hydrogens (tertiary/aromatic N) is 2. The smallest absolute Gasteiger partial charge is 0.344 e. The minimum atomic E-state index is -0.985. The molecule has 0 amide bonds. The Bertz CT molecular complexity index is 708. The van der Waals surface area contributed by atoms with E-state index in [0.29, 0.717) is 9.63 Å². The van der Waals surface area contributed by atoms with Gasteiger partial charge in [0, 0.05) is 15.4 Å². The van der Waals surface area contributed by atoms with Gasteiger partial charge in [-0.2, -0.15) is 0 Å². The molecule has 8 heteroatoms. The minimum Gasteiger partial charge on any atom is -0.478 e. The molecule has 0 atom stereocenters. The van der Waals surface area contributed by atoms with Crippen molar-refractivity contribution in [2.75, 3.05) is 0 Å². The third-order valence-electron chi connectivity index (χ3n) is 2.57. The normalized spacial score (nSPS) is 11.0. The van der Waals surface area contributed by atoms with Crippen molar-refractivity contribution in [2.24, 2.45) is 0 Å². The second kappa shape index (κ2) is 5.84. The predicted octanol–water partition coefficient (Wildman–Crippen LogP) is 2.76. The quantitative estimate of drug-likeness (QED) is 0.878. The maximum Gasteiger partial charge on any atom is 0.344 e. The fraction of sp³-hybridized carbons (Fsp3) is 0.250. The number of nitrogens with one attached hydrogen (secondary N) is 1. The molecule has 6 nitrogen and oxygen atoms in total. The molecule has 0 aliphatic rings. The summed E-state index contributed by atoms with van der Waals surface area (Å²) in [6.45, 7) is 3.78. The number of aromatic amines is 1. The lowest BCUT2D eigenvalue weighted by Gasteiger charge is -2.09. The second-order valence-corrected chi connectivity index (χ2v) is 6.19. The summed E-state index contributed by atoms with van der Waals surface area (Å²) in [6, 6.07) is 4.71. The van der Waals surface area contributed by atoms with Crippen LogP contribution in [-0.4, -0.2) is 25.8 Å². The van der Waals surface area contributed by atoms with Gasteiger partial charge in [-0.25, -0.2) is 14.7 Å². The number of hydrogen-bond acceptors (Lipinski definition) is 4. The van der Waals surface area contributed by atoms with Crippen molar-refractivity contribution >= 4 is 33.7 Å². The molecule has 0 aliphatic heterocycles. The SMILES string of the molecule is CC(C)n1c(Sc2ccc(C(=O)O)cc2Br)n[nH]c1=O. The number of halogens is 1. The fourth-order valence-electron chi connectivity index (χ4n) is 1.63. The van der Waals surface area contributed by atoms with Gasteiger partial charge in [0.2, 0.25) is 0 Å². The molecular weight excluding hydrogens is 346 g/mol. The fourth-order valence-corrected chi connectivity index (χ4v) is 3.23. The first kappa shape index (κ1) is 14.9. The van der Waals surface area contributed by atoms with Crippen molar-refractivity contribution in [1.82, 2.24) is 14.8 Å². The van der Waals surface area contributed by atoms with Gasteiger partial charge in [0.15, 0.2) is 5.16 Å². The Kier molecular flexibility index (Phi) is 4.34. The number of carboxylic acids is 1. The summed E-state index contributed by atoms with van der Waals surface area (Å²) in [6.07, 6.45) is 0. The topological polar surface area (TPSA) is 88.0 Å². The number of aromatic carboxylic acids is 1. The van der Waals surface area contributed by atoms with E-state index < -0.39 is 5.97 Å². The van der Waals surface area contributed by atoms with Gasteiger partial charge in [-0.3, -0.25) is 4.57 Å². The Labute approximate surface area is 127 Å². The van der Waals surface area contributed by atoms with Gasteiger partial charge < -0.3 is 5.11 Å². The minimum absolute atomic E-state index is 0.0131. The lowest BCUT2D eigenvalue weighted by Crippen LogP contribution is -2.19. The van der Waals surface area contributed by atoms with Crippen molar-refractivity contribution in [3.63, 3.8) is 0 Å². The van der Waals surface area contributed by atoms with Crippen LogP contribution in [0.25, 0.3) is 0 Å². The van der Waals surface area contributed by atoms with Crippen LogP contribution in [-0.2, 0) is 0 Å². The summed E-state index contributed by atoms with van der Waals surface area (Å²) in [5.74, 6) is -0.985. The van der Waals surface area contributed by atoms with E-state index in [-0.39, 0.29) is 17.3 Å². The Hall–Kier alpha value is -1.54. The number of carbonyl (C=O) groups is 1. The van der Waals surface area contributed by atoms with Gasteiger partial charge in [0.1, 0.15) is 0 Å². The Morgan fingerprint density at radius 2 is 2.20 bits per heavy atom. The van der Waals surface area contributed by atoms with Gasteiger partial charge in [0.05, 0.1) is 5.56 Å². The second-order valence-electron chi connectivity index (χ2n) is 4.33. The zero-order valence-corrected chi connectivity index (χ0v) is 13.2. The Balaban J connectivity index is 2.36. The van der Waals surface area contributed by atoms with E-state index in [9.17, 15) is 9.59 Å². The van der Waals surface area contributed by atoms with Gasteiger partial charge in [-0.05, 0) is 59.7 Å². The van der Waals surface area contributed by atoms with Crippen LogP contribution in [0.3, 0.4) is 0 Å². The first-order chi connectivity index (χ1) is 9.40. The highest BCUT2D eigenvalue weighted by atomic mass is 79.9. The average Bonchev–Trinajstić information content (AvgIpc) is 2.72. The zero-order chi connectivity index (χ0) is 14.9. The molecule has 106 valence electrons. The van der Waals surface area contributed by atoms with Crippen LogP contribution in [0.4, 0.5) is 0 Å². The van der Waals surface area contributed by atoms with Crippen molar-refractivity contribution in [1.29, 1.82) is 0 Å². The summed E-state index contributed by atoms with van der Waals surface area (Å²) in [7, 11) is 0. The average molecular weight is 358 g/mol. The van der Waals surface area contributed by atoms with Crippen LogP contribution < -0.4 is 5.69 Å². The van der Waals surface area contributed by atoms with E-state index in [1.165, 1.54) is 23.9 Å². The number of aromatic nitrogens is 3. The monoisotopic (exact) mass is 357 g/mol. The highest BCUT2D eigenvalue weighted by Gasteiger charge is 2.15. The van der Waals surface area contributed by atoms with E-state index in [0.717, 1.165) is 4.90 Å². The molecule has 20 heavy (non-hydrogen) atoms. The largest absolute Gasteiger partial charge is 0.478 e. The number of hydrogen-bond donors (Lipinski definition) is 2. The lowest BCUT2D eigenvalue weighted by molar-refractivity contribution is 0.0696. The van der Waals surface area contributed by atoms with Crippen LogP contribution in [0, 0.1) is 0 Å². The van der Waals surface area contributed by atoms with E-state index in [2.05, 4.69) is 26.1 Å². The van der Waals surface area contributed by atoms with Gasteiger partial charge in [-0.15, -0.1) is 5.10 Å². The molecule has 2 aromatic rings. The molecule has 2 N–H and O–H groups in total. The molecule has 0 bridgehead atoms. The van der Waals surface area contributed by atoms with E-state index in [1.807, 2.05) is 13.8 Å². The molecule has 1 heterocycles. The summed E-state index contributed by atoms with van der Waals surface area (Å²) in [5, 5.41) is 15.9. The molecule has 0 aliphatic carbocycles. The van der Waals surface area contributed by atoms with Crippen molar-refractivity contribution in [2.45, 2.75) is 29.9 Å². The molecular formula is C12H12BrN3O3S. The standard InChI is InChI=1S/C12H12BrN3O3S/c1-6(2)16-11(19)14-15-12(16)20-9-4-3-7(10(17)18)5-8(9)13/h3-6H,1-2H3,(H,14,19)(H,17,18). The molecule has 1 aromatic carbocycles. The van der Waals surface area contributed by atoms with Crippen LogP contribution in [0.15, 0.2) is 37.5 Å². The summed E-state index contributed by atoms with van der Waals surface area (Å²) in [5.41, 5.74) is -0.0646. The summed E-state index contributed by atoms with van der Waals surface area (Å²) in [4.78, 5) is 23.3. The van der Waals surface area contributed by atoms with Crippen LogP contribution >= 0.6 is 27.7 Å². The van der Waals surface area contributed by atoms with Crippen LogP contribution in [0.5, 0.6) is 0 Å². The first-order valence-corrected chi connectivity index (χ1v) is 7.38. The predicted molar refractivity (Wildman–Crippen MR) is 78.5 cm³/mol. The Morgan fingerprint density at radius 1 is 1.50 bits per heavy atom. The maximum absolute atomic E-state index is 11.6. The number of rotatable bonds is 4. The molecule has 0 saturated heterocycles.